The average Bonchev–Trinajstić information content (AvgIpc) is 2.38. The van der Waals surface area contributed by atoms with Crippen molar-refractivity contribution in [1.29, 1.82) is 0 Å². The third-order valence-corrected chi connectivity index (χ3v) is 5.66. The maximum Gasteiger partial charge on any atom is 0.502 e. The Kier molecular flexibility index (Phi) is 13.9. The molecule has 0 spiro atoms. The molecule has 0 saturated carbocycles. The van der Waals surface area contributed by atoms with Crippen molar-refractivity contribution in [1.82, 2.24) is 5.32 Å². The van der Waals surface area contributed by atoms with Crippen molar-refractivity contribution >= 4 is 20.8 Å². The summed E-state index contributed by atoms with van der Waals surface area (Å²) in [6.45, 7) is 10.0. The van der Waals surface area contributed by atoms with Gasteiger partial charge in [0.2, 0.25) is 0 Å². The summed E-state index contributed by atoms with van der Waals surface area (Å²) in [6, 6.07) is -0.630. The number of carbonyl (C=O) groups is 2. The third kappa shape index (κ3) is 13.0. The highest BCUT2D eigenvalue weighted by Crippen LogP contribution is 2.19. The van der Waals surface area contributed by atoms with Crippen LogP contribution >= 0.6 is 0 Å². The number of primary amides is 1. The lowest BCUT2D eigenvalue weighted by Gasteiger charge is -2.31. The summed E-state index contributed by atoms with van der Waals surface area (Å²) in [7, 11) is -2.70. The van der Waals surface area contributed by atoms with Gasteiger partial charge < -0.3 is 35.2 Å². The Morgan fingerprint density at radius 1 is 1.17 bits per heavy atom. The summed E-state index contributed by atoms with van der Waals surface area (Å²) in [4.78, 5) is 20.3. The minimum Gasteiger partial charge on any atom is -0.480 e. The third-order valence-electron chi connectivity index (χ3n) is 2.38. The highest BCUT2D eigenvalue weighted by Gasteiger charge is 2.41. The van der Waals surface area contributed by atoms with E-state index < -0.39 is 33.1 Å². The first-order valence-electron chi connectivity index (χ1n) is 7.64. The summed E-state index contributed by atoms with van der Waals surface area (Å²) in [5.74, 6) is -0.963. The Hall–Kier alpha value is -1.20. The van der Waals surface area contributed by atoms with Crippen molar-refractivity contribution in [2.24, 2.45) is 11.5 Å². The molecular weight excluding hydrogens is 322 g/mol. The number of hydrogen-bond acceptors (Lipinski definition) is 6. The number of urea groups is 1. The lowest BCUT2D eigenvalue weighted by molar-refractivity contribution is -0.138. The zero-order chi connectivity index (χ0) is 18.5. The van der Waals surface area contributed by atoms with Gasteiger partial charge in [0.05, 0.1) is 0 Å². The number of rotatable bonds is 10. The molecule has 2 atom stereocenters. The molecule has 0 aliphatic heterocycles. The molecule has 6 N–H and O–H groups in total. The van der Waals surface area contributed by atoms with Crippen molar-refractivity contribution in [2.45, 2.75) is 59.4 Å². The number of carbonyl (C=O) groups excluding carboxylic acids is 1. The van der Waals surface area contributed by atoms with Gasteiger partial charge in [0.15, 0.2) is 0 Å². The lowest BCUT2D eigenvalue weighted by atomic mass is 10.4. The fraction of sp³-hybridized carbons (Fsp3) is 0.846. The summed E-state index contributed by atoms with van der Waals surface area (Å²) in [5.41, 5.74) is 9.87. The van der Waals surface area contributed by atoms with Crippen molar-refractivity contribution < 1.29 is 28.0 Å². The van der Waals surface area contributed by atoms with Gasteiger partial charge in [-0.05, 0) is 27.7 Å². The fourth-order valence-electron chi connectivity index (χ4n) is 1.56. The Balaban J connectivity index is 0. The molecule has 23 heavy (non-hydrogen) atoms. The van der Waals surface area contributed by atoms with E-state index in [1.54, 1.807) is 6.92 Å². The smallest absolute Gasteiger partial charge is 0.480 e. The van der Waals surface area contributed by atoms with Gasteiger partial charge in [-0.25, -0.2) is 4.79 Å². The maximum atomic E-state index is 10.7. The molecule has 0 aliphatic carbocycles. The van der Waals surface area contributed by atoms with Gasteiger partial charge in [-0.15, -0.1) is 0 Å². The van der Waals surface area contributed by atoms with Crippen LogP contribution < -0.4 is 16.8 Å². The van der Waals surface area contributed by atoms with Gasteiger partial charge in [-0.3, -0.25) is 4.79 Å². The molecule has 9 nitrogen and oxygen atoms in total. The number of nitrogens with two attached hydrogens (primary N) is 2. The second kappa shape index (κ2) is 13.3. The summed E-state index contributed by atoms with van der Waals surface area (Å²) in [5, 5.41) is 10.3. The average molecular weight is 353 g/mol. The molecule has 2 unspecified atom stereocenters. The molecule has 0 fully saturated rings. The van der Waals surface area contributed by atoms with Gasteiger partial charge in [-0.1, -0.05) is 13.3 Å². The Bertz CT molecular complexity index is 327. The second-order valence-corrected chi connectivity index (χ2v) is 7.37. The summed E-state index contributed by atoms with van der Waals surface area (Å²) in [6.07, 6.45) is 0.388. The molecule has 0 aromatic rings. The van der Waals surface area contributed by atoms with Crippen LogP contribution in [0.5, 0.6) is 0 Å². The molecule has 0 aromatic heterocycles. The summed E-state index contributed by atoms with van der Waals surface area (Å²) < 4.78 is 17.1. The van der Waals surface area contributed by atoms with Gasteiger partial charge in [-0.2, -0.15) is 0 Å². The molecule has 2 amide bonds. The summed E-state index contributed by atoms with van der Waals surface area (Å²) >= 11 is 0. The fourth-order valence-corrected chi connectivity index (χ4v) is 4.27. The minimum atomic E-state index is -2.70. The largest absolute Gasteiger partial charge is 0.502 e. The number of amides is 2. The second-order valence-electron chi connectivity index (χ2n) is 4.69. The van der Waals surface area contributed by atoms with Crippen molar-refractivity contribution in [3.05, 3.63) is 0 Å². The van der Waals surface area contributed by atoms with E-state index in [9.17, 15) is 9.59 Å². The number of carboxylic acid groups (broad SMARTS) is 1. The number of hydrogen-bond donors (Lipinski definition) is 4. The van der Waals surface area contributed by atoms with Crippen molar-refractivity contribution in [2.75, 3.05) is 13.2 Å². The van der Waals surface area contributed by atoms with Crippen LogP contribution in [0.2, 0.25) is 6.04 Å². The quantitative estimate of drug-likeness (QED) is 0.336. The van der Waals surface area contributed by atoms with Gasteiger partial charge in [0.1, 0.15) is 12.3 Å². The molecule has 0 radical (unpaired) electrons. The van der Waals surface area contributed by atoms with E-state index in [1.165, 1.54) is 6.92 Å². The highest BCUT2D eigenvalue weighted by atomic mass is 28.4. The first-order valence-corrected chi connectivity index (χ1v) is 9.57. The Morgan fingerprint density at radius 2 is 1.61 bits per heavy atom. The van der Waals surface area contributed by atoms with Crippen LogP contribution in [0.3, 0.4) is 0 Å². The van der Waals surface area contributed by atoms with Crippen LogP contribution in [0.15, 0.2) is 0 Å². The molecule has 0 saturated heterocycles. The van der Waals surface area contributed by atoms with E-state index in [4.69, 9.17) is 29.9 Å². The number of carboxylic acids is 1. The number of aliphatic carboxylic acids is 1. The monoisotopic (exact) mass is 353 g/mol. The van der Waals surface area contributed by atoms with Gasteiger partial charge in [0, 0.05) is 19.3 Å². The molecule has 138 valence electrons. The van der Waals surface area contributed by atoms with Crippen LogP contribution in [0.25, 0.3) is 0 Å². The van der Waals surface area contributed by atoms with Crippen LogP contribution in [0, 0.1) is 0 Å². The van der Waals surface area contributed by atoms with E-state index >= 15 is 0 Å². The van der Waals surface area contributed by atoms with E-state index in [0.29, 0.717) is 13.2 Å². The van der Waals surface area contributed by atoms with Crippen LogP contribution in [-0.4, -0.2) is 51.4 Å². The SMILES string of the molecule is CC(N)C(=O)O.CCC[Si](OCC)(OCC)OC(C)NC(N)=O. The van der Waals surface area contributed by atoms with Crippen LogP contribution in [0.1, 0.15) is 41.0 Å². The molecule has 0 heterocycles. The topological polar surface area (TPSA) is 146 Å². The van der Waals surface area contributed by atoms with Crippen LogP contribution in [-0.2, 0) is 18.1 Å². The molecule has 0 aromatic carbocycles. The first-order chi connectivity index (χ1) is 10.6. The number of nitrogens with one attached hydrogen (secondary N) is 1. The van der Waals surface area contributed by atoms with Gasteiger partial charge in [0.25, 0.3) is 0 Å². The first kappa shape index (κ1) is 24.1. The minimum absolute atomic E-state index is 0.510. The zero-order valence-corrected chi connectivity index (χ0v) is 15.6. The highest BCUT2D eigenvalue weighted by molar-refractivity contribution is 6.60. The Labute approximate surface area is 139 Å². The lowest BCUT2D eigenvalue weighted by Crippen LogP contribution is -2.52. The zero-order valence-electron chi connectivity index (χ0n) is 14.6. The molecule has 10 heteroatoms. The van der Waals surface area contributed by atoms with E-state index in [0.717, 1.165) is 12.5 Å². The normalized spacial score (nSPS) is 13.5. The molecule has 0 bridgehead atoms. The Morgan fingerprint density at radius 3 is 1.87 bits per heavy atom. The molecule has 0 rings (SSSR count). The predicted molar refractivity (Wildman–Crippen MR) is 88.7 cm³/mol. The standard InChI is InChI=1S/C10H24N2O4Si.C3H7NO2/c1-5-8-17(14-6-2,15-7-3)16-9(4)12-10(11)13;1-2(4)3(5)6/h9H,5-8H2,1-4H3,(H3,11,12,13);2H,4H2,1H3,(H,5,6). The van der Waals surface area contributed by atoms with E-state index in [1.807, 2.05) is 20.8 Å². The molecular formula is C13H31N3O6Si. The molecule has 0 aliphatic rings. The van der Waals surface area contributed by atoms with Crippen molar-refractivity contribution in [3.8, 4) is 0 Å². The van der Waals surface area contributed by atoms with E-state index in [-0.39, 0.29) is 0 Å². The van der Waals surface area contributed by atoms with E-state index in [2.05, 4.69) is 5.32 Å². The maximum absolute atomic E-state index is 10.7. The van der Waals surface area contributed by atoms with Crippen LogP contribution in [0.4, 0.5) is 4.79 Å². The van der Waals surface area contributed by atoms with Gasteiger partial charge >= 0.3 is 20.8 Å². The van der Waals surface area contributed by atoms with Crippen molar-refractivity contribution in [3.63, 3.8) is 0 Å². The predicted octanol–water partition coefficient (Wildman–Crippen LogP) is 0.857.